The third-order valence-corrected chi connectivity index (χ3v) is 3.17. The topological polar surface area (TPSA) is 49.5 Å². The van der Waals surface area contributed by atoms with Crippen LogP contribution in [0.4, 0.5) is 0 Å². The summed E-state index contributed by atoms with van der Waals surface area (Å²) in [5.41, 5.74) is 5.75. The van der Waals surface area contributed by atoms with Crippen molar-refractivity contribution in [3.8, 4) is 0 Å². The van der Waals surface area contributed by atoms with E-state index < -0.39 is 0 Å². The highest BCUT2D eigenvalue weighted by molar-refractivity contribution is 4.86. The van der Waals surface area contributed by atoms with Gasteiger partial charge in [-0.2, -0.15) is 0 Å². The first-order valence-corrected chi connectivity index (χ1v) is 5.74. The molecule has 1 atom stereocenters. The van der Waals surface area contributed by atoms with E-state index in [1.807, 2.05) is 0 Å². The molecule has 0 spiro atoms. The number of hydrogen-bond donors (Lipinski definition) is 2. The highest BCUT2D eigenvalue weighted by atomic mass is 16.3. The second kappa shape index (κ2) is 5.69. The van der Waals surface area contributed by atoms with Crippen LogP contribution in [0.5, 0.6) is 0 Å². The summed E-state index contributed by atoms with van der Waals surface area (Å²) in [4.78, 5) is 2.40. The van der Waals surface area contributed by atoms with Gasteiger partial charge >= 0.3 is 0 Å². The molecule has 1 rings (SSSR count). The number of aliphatic hydroxyl groups excluding tert-OH is 1. The van der Waals surface area contributed by atoms with Crippen molar-refractivity contribution in [1.82, 2.24) is 4.90 Å². The fourth-order valence-electron chi connectivity index (χ4n) is 1.85. The van der Waals surface area contributed by atoms with Crippen LogP contribution in [0.2, 0.25) is 0 Å². The molecule has 3 nitrogen and oxygen atoms in total. The fourth-order valence-corrected chi connectivity index (χ4v) is 1.85. The zero-order chi connectivity index (χ0) is 10.6. The van der Waals surface area contributed by atoms with Crippen molar-refractivity contribution in [2.45, 2.75) is 32.7 Å². The van der Waals surface area contributed by atoms with Gasteiger partial charge in [-0.1, -0.05) is 13.8 Å². The first-order chi connectivity index (χ1) is 6.69. The lowest BCUT2D eigenvalue weighted by atomic mass is 9.95. The standard InChI is InChI=1S/C11H24N2O/c1-9(2)10(7-12)8-13(5-6-14)11-3-4-11/h9-11,14H,3-8,12H2,1-2H3. The van der Waals surface area contributed by atoms with Crippen LogP contribution in [0.3, 0.4) is 0 Å². The van der Waals surface area contributed by atoms with Crippen LogP contribution in [0, 0.1) is 11.8 Å². The Kier molecular flexibility index (Phi) is 4.85. The van der Waals surface area contributed by atoms with Crippen molar-refractivity contribution in [3.63, 3.8) is 0 Å². The average Bonchev–Trinajstić information content (AvgIpc) is 2.94. The van der Waals surface area contributed by atoms with Crippen molar-refractivity contribution >= 4 is 0 Å². The van der Waals surface area contributed by atoms with Crippen molar-refractivity contribution in [2.75, 3.05) is 26.2 Å². The molecular formula is C11H24N2O. The van der Waals surface area contributed by atoms with Crippen molar-refractivity contribution in [3.05, 3.63) is 0 Å². The molecule has 84 valence electrons. The SMILES string of the molecule is CC(C)C(CN)CN(CCO)C1CC1. The summed E-state index contributed by atoms with van der Waals surface area (Å²) >= 11 is 0. The molecule has 0 aromatic heterocycles. The average molecular weight is 200 g/mol. The quantitative estimate of drug-likeness (QED) is 0.635. The lowest BCUT2D eigenvalue weighted by Crippen LogP contribution is -2.38. The largest absolute Gasteiger partial charge is 0.395 e. The Morgan fingerprint density at radius 3 is 2.43 bits per heavy atom. The summed E-state index contributed by atoms with van der Waals surface area (Å²) < 4.78 is 0. The Bertz CT molecular complexity index is 157. The number of nitrogens with two attached hydrogens (primary N) is 1. The molecule has 3 N–H and O–H groups in total. The van der Waals surface area contributed by atoms with E-state index >= 15 is 0 Å². The maximum atomic E-state index is 8.96. The Morgan fingerprint density at radius 1 is 1.43 bits per heavy atom. The summed E-state index contributed by atoms with van der Waals surface area (Å²) in [5, 5.41) is 8.96. The minimum absolute atomic E-state index is 0.270. The smallest absolute Gasteiger partial charge is 0.0558 e. The maximum Gasteiger partial charge on any atom is 0.0558 e. The summed E-state index contributed by atoms with van der Waals surface area (Å²) in [5.74, 6) is 1.21. The van der Waals surface area contributed by atoms with E-state index in [9.17, 15) is 0 Å². The monoisotopic (exact) mass is 200 g/mol. The molecule has 0 heterocycles. The molecule has 1 unspecified atom stereocenters. The molecule has 0 aromatic rings. The third-order valence-electron chi connectivity index (χ3n) is 3.17. The molecule has 0 amide bonds. The Morgan fingerprint density at radius 2 is 2.07 bits per heavy atom. The molecule has 0 radical (unpaired) electrons. The summed E-state index contributed by atoms with van der Waals surface area (Å²) in [6.07, 6.45) is 2.60. The van der Waals surface area contributed by atoms with Crippen LogP contribution in [0.15, 0.2) is 0 Å². The van der Waals surface area contributed by atoms with E-state index in [0.29, 0.717) is 11.8 Å². The third kappa shape index (κ3) is 3.56. The van der Waals surface area contributed by atoms with E-state index in [1.165, 1.54) is 12.8 Å². The predicted molar refractivity (Wildman–Crippen MR) is 59.1 cm³/mol. The normalized spacial score (nSPS) is 19.3. The predicted octanol–water partition coefficient (Wildman–Crippen LogP) is 0.674. The van der Waals surface area contributed by atoms with E-state index in [-0.39, 0.29) is 6.61 Å². The second-order valence-electron chi connectivity index (χ2n) is 4.69. The maximum absolute atomic E-state index is 8.96. The first kappa shape index (κ1) is 12.0. The van der Waals surface area contributed by atoms with Crippen LogP contribution >= 0.6 is 0 Å². The highest BCUT2D eigenvalue weighted by Gasteiger charge is 2.30. The fraction of sp³-hybridized carbons (Fsp3) is 1.00. The van der Waals surface area contributed by atoms with Gasteiger partial charge in [0, 0.05) is 19.1 Å². The van der Waals surface area contributed by atoms with Gasteiger partial charge < -0.3 is 10.8 Å². The molecule has 0 aliphatic heterocycles. The lowest BCUT2D eigenvalue weighted by molar-refractivity contribution is 0.155. The lowest BCUT2D eigenvalue weighted by Gasteiger charge is -2.28. The molecule has 1 aliphatic carbocycles. The summed E-state index contributed by atoms with van der Waals surface area (Å²) in [6, 6.07) is 0.731. The number of aliphatic hydroxyl groups is 1. The molecule has 1 fully saturated rings. The molecular weight excluding hydrogens is 176 g/mol. The molecule has 0 aromatic carbocycles. The summed E-state index contributed by atoms with van der Waals surface area (Å²) in [7, 11) is 0. The number of rotatable bonds is 7. The van der Waals surface area contributed by atoms with E-state index in [2.05, 4.69) is 18.7 Å². The van der Waals surface area contributed by atoms with Gasteiger partial charge in [0.05, 0.1) is 6.61 Å². The van der Waals surface area contributed by atoms with Crippen LogP contribution in [0.25, 0.3) is 0 Å². The molecule has 1 saturated carbocycles. The molecule has 0 bridgehead atoms. The summed E-state index contributed by atoms with van der Waals surface area (Å²) in [6.45, 7) is 7.34. The van der Waals surface area contributed by atoms with Gasteiger partial charge in [-0.25, -0.2) is 0 Å². The van der Waals surface area contributed by atoms with Crippen molar-refractivity contribution in [2.24, 2.45) is 17.6 Å². The van der Waals surface area contributed by atoms with Crippen LogP contribution in [-0.2, 0) is 0 Å². The van der Waals surface area contributed by atoms with Crippen LogP contribution in [-0.4, -0.2) is 42.3 Å². The van der Waals surface area contributed by atoms with Gasteiger partial charge in [0.25, 0.3) is 0 Å². The van der Waals surface area contributed by atoms with Crippen molar-refractivity contribution in [1.29, 1.82) is 0 Å². The molecule has 3 heteroatoms. The van der Waals surface area contributed by atoms with Crippen molar-refractivity contribution < 1.29 is 5.11 Å². The van der Waals surface area contributed by atoms with Gasteiger partial charge in [-0.05, 0) is 31.2 Å². The molecule has 14 heavy (non-hydrogen) atoms. The Balaban J connectivity index is 2.35. The Labute approximate surface area is 87.3 Å². The number of nitrogens with zero attached hydrogens (tertiary/aromatic N) is 1. The van der Waals surface area contributed by atoms with Gasteiger partial charge in [-0.3, -0.25) is 4.90 Å². The Hall–Kier alpha value is -0.120. The number of hydrogen-bond acceptors (Lipinski definition) is 3. The molecule has 1 aliphatic rings. The zero-order valence-electron chi connectivity index (χ0n) is 9.45. The van der Waals surface area contributed by atoms with Crippen LogP contribution in [0.1, 0.15) is 26.7 Å². The van der Waals surface area contributed by atoms with Gasteiger partial charge in [0.2, 0.25) is 0 Å². The van der Waals surface area contributed by atoms with E-state index in [4.69, 9.17) is 10.8 Å². The highest BCUT2D eigenvalue weighted by Crippen LogP contribution is 2.28. The minimum atomic E-state index is 0.270. The minimum Gasteiger partial charge on any atom is -0.395 e. The first-order valence-electron chi connectivity index (χ1n) is 5.74. The van der Waals surface area contributed by atoms with Gasteiger partial charge in [0.1, 0.15) is 0 Å². The van der Waals surface area contributed by atoms with E-state index in [1.54, 1.807) is 0 Å². The molecule has 0 saturated heterocycles. The zero-order valence-corrected chi connectivity index (χ0v) is 9.45. The van der Waals surface area contributed by atoms with Gasteiger partial charge in [-0.15, -0.1) is 0 Å². The van der Waals surface area contributed by atoms with Crippen LogP contribution < -0.4 is 5.73 Å². The second-order valence-corrected chi connectivity index (χ2v) is 4.69. The van der Waals surface area contributed by atoms with E-state index in [0.717, 1.165) is 25.7 Å². The van der Waals surface area contributed by atoms with Gasteiger partial charge in [0.15, 0.2) is 0 Å².